The third-order valence-corrected chi connectivity index (χ3v) is 6.08. The van der Waals surface area contributed by atoms with Gasteiger partial charge in [0.2, 0.25) is 0 Å². The van der Waals surface area contributed by atoms with Crippen molar-refractivity contribution in [1.82, 2.24) is 0 Å². The molecule has 0 spiro atoms. The van der Waals surface area contributed by atoms with E-state index < -0.39 is 41.6 Å². The normalized spacial score (nSPS) is 17.7. The Balaban J connectivity index is 2.29. The van der Waals surface area contributed by atoms with Crippen molar-refractivity contribution in [1.29, 1.82) is 10.7 Å². The lowest BCUT2D eigenvalue weighted by atomic mass is 9.75. The van der Waals surface area contributed by atoms with Crippen LogP contribution >= 0.6 is 0 Å². The van der Waals surface area contributed by atoms with Gasteiger partial charge < -0.3 is 19.1 Å². The van der Waals surface area contributed by atoms with Crippen LogP contribution in [0.15, 0.2) is 59.8 Å². The molecule has 8 nitrogen and oxygen atoms in total. The summed E-state index contributed by atoms with van der Waals surface area (Å²) in [5, 5.41) is 18.2. The molecule has 2 atom stereocenters. The van der Waals surface area contributed by atoms with Gasteiger partial charge >= 0.3 is 18.1 Å². The van der Waals surface area contributed by atoms with Gasteiger partial charge in [0.1, 0.15) is 18.4 Å². The summed E-state index contributed by atoms with van der Waals surface area (Å²) in [5.74, 6) is -4.53. The maximum Gasteiger partial charge on any atom is 0.416 e. The number of nitrogens with zero attached hydrogens (tertiary/aromatic N) is 2. The second-order valence-corrected chi connectivity index (χ2v) is 9.07. The molecule has 0 aromatic heterocycles. The van der Waals surface area contributed by atoms with Crippen LogP contribution in [0.1, 0.15) is 43.4 Å². The molecule has 0 radical (unpaired) electrons. The van der Waals surface area contributed by atoms with Gasteiger partial charge in [0, 0.05) is 24.4 Å². The Morgan fingerprint density at radius 3 is 2.36 bits per heavy atom. The maximum absolute atomic E-state index is 13.5. The zero-order valence-corrected chi connectivity index (χ0v) is 21.8. The number of halogens is 3. The standard InChI is InChI=1S/C28H28F3N3O5/c1-16(2)39-27(36)24-23(19-10-8-18(15-32)9-11-19)22(26(35)38-13-12-37-4)17(3)34(25(24)33)21-7-5-6-20(14-21)28(29,30)31/h5-11,14,16,23-24,33H,12-13H2,1-4H3. The number of benzene rings is 2. The lowest BCUT2D eigenvalue weighted by Crippen LogP contribution is -2.48. The van der Waals surface area contributed by atoms with Gasteiger partial charge in [-0.05, 0) is 56.7 Å². The molecule has 1 aliphatic rings. The first-order valence-corrected chi connectivity index (χ1v) is 12.0. The van der Waals surface area contributed by atoms with E-state index in [1.54, 1.807) is 26.0 Å². The molecule has 0 bridgehead atoms. The van der Waals surface area contributed by atoms with E-state index in [0.29, 0.717) is 11.1 Å². The minimum Gasteiger partial charge on any atom is -0.462 e. The summed E-state index contributed by atoms with van der Waals surface area (Å²) in [7, 11) is 1.42. The molecule has 2 aromatic rings. The number of hydrogen-bond donors (Lipinski definition) is 1. The Morgan fingerprint density at radius 1 is 1.13 bits per heavy atom. The fraction of sp³-hybridized carbons (Fsp3) is 0.357. The second-order valence-electron chi connectivity index (χ2n) is 9.07. The number of nitriles is 1. The Morgan fingerprint density at radius 2 is 1.79 bits per heavy atom. The van der Waals surface area contributed by atoms with Crippen LogP contribution in [0.25, 0.3) is 0 Å². The quantitative estimate of drug-likeness (QED) is 0.360. The van der Waals surface area contributed by atoms with Crippen molar-refractivity contribution in [3.05, 3.63) is 76.5 Å². The van der Waals surface area contributed by atoms with Gasteiger partial charge in [0.05, 0.1) is 35.5 Å². The van der Waals surface area contributed by atoms with E-state index in [-0.39, 0.29) is 36.0 Å². The number of allylic oxidation sites excluding steroid dienone is 1. The van der Waals surface area contributed by atoms with Crippen LogP contribution in [0.4, 0.5) is 18.9 Å². The Kier molecular flexibility index (Phi) is 9.14. The number of methoxy groups -OCH3 is 1. The van der Waals surface area contributed by atoms with Gasteiger partial charge in [0.25, 0.3) is 0 Å². The zero-order valence-electron chi connectivity index (χ0n) is 21.8. The van der Waals surface area contributed by atoms with E-state index in [2.05, 4.69) is 0 Å². The van der Waals surface area contributed by atoms with Crippen molar-refractivity contribution >= 4 is 23.5 Å². The monoisotopic (exact) mass is 543 g/mol. The third kappa shape index (κ3) is 6.46. The Bertz CT molecular complexity index is 1310. The molecular formula is C28H28F3N3O5. The molecule has 11 heteroatoms. The summed E-state index contributed by atoms with van der Waals surface area (Å²) in [6.07, 6.45) is -5.23. The van der Waals surface area contributed by atoms with Crippen molar-refractivity contribution in [3.8, 4) is 6.07 Å². The summed E-state index contributed by atoms with van der Waals surface area (Å²) in [4.78, 5) is 28.1. The van der Waals surface area contributed by atoms with Gasteiger partial charge in [0.15, 0.2) is 0 Å². The molecular weight excluding hydrogens is 515 g/mol. The number of hydrogen-bond acceptors (Lipinski definition) is 7. The number of nitrogens with one attached hydrogen (secondary N) is 1. The SMILES string of the molecule is COCCOC(=O)C1=C(C)N(c2cccc(C(F)(F)F)c2)C(=N)C(C(=O)OC(C)C)C1c1ccc(C#N)cc1. The number of alkyl halides is 3. The van der Waals surface area contributed by atoms with Crippen LogP contribution < -0.4 is 4.90 Å². The Labute approximate surface area is 224 Å². The minimum absolute atomic E-state index is 0.0325. The van der Waals surface area contributed by atoms with Crippen LogP contribution in [0.3, 0.4) is 0 Å². The lowest BCUT2D eigenvalue weighted by Gasteiger charge is -2.41. The highest BCUT2D eigenvalue weighted by Crippen LogP contribution is 2.44. The van der Waals surface area contributed by atoms with Crippen molar-refractivity contribution in [2.45, 2.75) is 39.0 Å². The van der Waals surface area contributed by atoms with Crippen molar-refractivity contribution in [2.24, 2.45) is 5.92 Å². The average Bonchev–Trinajstić information content (AvgIpc) is 2.87. The molecule has 0 fully saturated rings. The number of esters is 2. The van der Waals surface area contributed by atoms with Crippen molar-refractivity contribution < 1.29 is 37.0 Å². The zero-order chi connectivity index (χ0) is 28.9. The number of carbonyl (C=O) groups excluding carboxylic acids is 2. The molecule has 0 aliphatic carbocycles. The number of ether oxygens (including phenoxy) is 3. The number of rotatable bonds is 8. The highest BCUT2D eigenvalue weighted by Gasteiger charge is 2.48. The highest BCUT2D eigenvalue weighted by atomic mass is 19.4. The first kappa shape index (κ1) is 29.4. The first-order chi connectivity index (χ1) is 18.4. The van der Waals surface area contributed by atoms with Crippen LogP contribution in [0.5, 0.6) is 0 Å². The molecule has 2 unspecified atom stereocenters. The third-order valence-electron chi connectivity index (χ3n) is 6.08. The van der Waals surface area contributed by atoms with Crippen molar-refractivity contribution in [2.75, 3.05) is 25.2 Å². The molecule has 1 N–H and O–H groups in total. The number of anilines is 1. The molecule has 206 valence electrons. The van der Waals surface area contributed by atoms with E-state index >= 15 is 0 Å². The highest BCUT2D eigenvalue weighted by molar-refractivity contribution is 6.14. The summed E-state index contributed by atoms with van der Waals surface area (Å²) < 4.78 is 56.4. The van der Waals surface area contributed by atoms with Crippen LogP contribution in [0.2, 0.25) is 0 Å². The predicted octanol–water partition coefficient (Wildman–Crippen LogP) is 5.19. The van der Waals surface area contributed by atoms with Gasteiger partial charge in [-0.25, -0.2) is 4.79 Å². The fourth-order valence-electron chi connectivity index (χ4n) is 4.39. The molecule has 1 aliphatic heterocycles. The van der Waals surface area contributed by atoms with E-state index in [1.165, 1.54) is 38.3 Å². The summed E-state index contributed by atoms with van der Waals surface area (Å²) >= 11 is 0. The van der Waals surface area contributed by atoms with Crippen molar-refractivity contribution in [3.63, 3.8) is 0 Å². The molecule has 3 rings (SSSR count). The number of amidine groups is 1. The van der Waals surface area contributed by atoms with Gasteiger partial charge in [-0.1, -0.05) is 18.2 Å². The average molecular weight is 544 g/mol. The minimum atomic E-state index is -4.66. The molecule has 1 heterocycles. The summed E-state index contributed by atoms with van der Waals surface area (Å²) in [5.41, 5.74) is -0.178. The molecule has 39 heavy (non-hydrogen) atoms. The maximum atomic E-state index is 13.5. The first-order valence-electron chi connectivity index (χ1n) is 12.0. The van der Waals surface area contributed by atoms with Gasteiger partial charge in [-0.15, -0.1) is 0 Å². The van der Waals surface area contributed by atoms with Crippen LogP contribution in [0, 0.1) is 22.7 Å². The largest absolute Gasteiger partial charge is 0.462 e. The fourth-order valence-corrected chi connectivity index (χ4v) is 4.39. The molecule has 0 saturated carbocycles. The summed E-state index contributed by atoms with van der Waals surface area (Å²) in [6, 6.07) is 12.4. The second kappa shape index (κ2) is 12.1. The van der Waals surface area contributed by atoms with Crippen LogP contribution in [-0.2, 0) is 30.0 Å². The van der Waals surface area contributed by atoms with E-state index in [9.17, 15) is 28.0 Å². The van der Waals surface area contributed by atoms with E-state index in [0.717, 1.165) is 17.0 Å². The van der Waals surface area contributed by atoms with E-state index in [4.69, 9.17) is 19.6 Å². The van der Waals surface area contributed by atoms with E-state index in [1.807, 2.05) is 6.07 Å². The lowest BCUT2D eigenvalue weighted by molar-refractivity contribution is -0.150. The molecule has 0 saturated heterocycles. The smallest absolute Gasteiger partial charge is 0.416 e. The van der Waals surface area contributed by atoms with Gasteiger partial charge in [-0.3, -0.25) is 10.2 Å². The molecule has 0 amide bonds. The summed E-state index contributed by atoms with van der Waals surface area (Å²) in [6.45, 7) is 4.68. The van der Waals surface area contributed by atoms with Gasteiger partial charge in [-0.2, -0.15) is 18.4 Å². The Hall–Kier alpha value is -4.17. The molecule has 2 aromatic carbocycles. The van der Waals surface area contributed by atoms with Crippen LogP contribution in [-0.4, -0.2) is 44.2 Å². The number of carbonyl (C=O) groups is 2. The predicted molar refractivity (Wildman–Crippen MR) is 136 cm³/mol. The topological polar surface area (TPSA) is 113 Å².